The van der Waals surface area contributed by atoms with Crippen molar-refractivity contribution in [1.82, 2.24) is 10.1 Å². The Morgan fingerprint density at radius 1 is 1.23 bits per heavy atom. The lowest BCUT2D eigenvalue weighted by atomic mass is 10.1. The van der Waals surface area contributed by atoms with Crippen molar-refractivity contribution in [3.05, 3.63) is 55.9 Å². The molecular formula is C19H16F4N4O3. The van der Waals surface area contributed by atoms with Crippen LogP contribution in [0.15, 0.2) is 32.3 Å². The van der Waals surface area contributed by atoms with Crippen molar-refractivity contribution < 1.29 is 22.1 Å². The summed E-state index contributed by atoms with van der Waals surface area (Å²) in [6.45, 7) is 0.736. The molecule has 30 heavy (non-hydrogen) atoms. The molecule has 1 aliphatic carbocycles. The lowest BCUT2D eigenvalue weighted by Gasteiger charge is -2.23. The second kappa shape index (κ2) is 7.22. The highest BCUT2D eigenvalue weighted by atomic mass is 19.4. The average molecular weight is 424 g/mol. The second-order valence-corrected chi connectivity index (χ2v) is 7.29. The number of anilines is 2. The van der Waals surface area contributed by atoms with E-state index in [0.29, 0.717) is 23.7 Å². The van der Waals surface area contributed by atoms with Crippen molar-refractivity contribution in [2.75, 3.05) is 23.8 Å². The summed E-state index contributed by atoms with van der Waals surface area (Å²) in [4.78, 5) is 28.7. The Morgan fingerprint density at radius 3 is 2.57 bits per heavy atom. The lowest BCUT2D eigenvalue weighted by molar-refractivity contribution is -0.159. The first kappa shape index (κ1) is 20.0. The van der Waals surface area contributed by atoms with Crippen molar-refractivity contribution in [3.63, 3.8) is 0 Å². The van der Waals surface area contributed by atoms with Gasteiger partial charge in [0.25, 0.3) is 10.9 Å². The van der Waals surface area contributed by atoms with Crippen LogP contribution in [0, 0.1) is 11.7 Å². The van der Waals surface area contributed by atoms with Crippen molar-refractivity contribution in [3.8, 4) is 11.4 Å². The second-order valence-electron chi connectivity index (χ2n) is 7.29. The number of halogens is 4. The first-order valence-electron chi connectivity index (χ1n) is 9.13. The molecule has 158 valence electrons. The third kappa shape index (κ3) is 3.79. The standard InChI is InChI=1S/C19H16F4N4O3/c1-27(8-9-2-3-9)14-13(15(28)16(14)29)24-7-10-4-5-11(12(20)6-10)17-25-18(30-26-17)19(21,22)23/h4-6,9,24H,2-3,7-8H2,1H3. The quantitative estimate of drug-likeness (QED) is 0.461. The smallest absolute Gasteiger partial charge is 0.376 e. The van der Waals surface area contributed by atoms with Crippen LogP contribution in [0.1, 0.15) is 24.3 Å². The predicted molar refractivity (Wildman–Crippen MR) is 99.4 cm³/mol. The molecule has 1 saturated carbocycles. The zero-order valence-corrected chi connectivity index (χ0v) is 15.7. The lowest BCUT2D eigenvalue weighted by Crippen LogP contribution is -2.41. The van der Waals surface area contributed by atoms with Crippen LogP contribution in [-0.4, -0.2) is 23.7 Å². The maximum absolute atomic E-state index is 14.4. The Labute approximate surface area is 167 Å². The topological polar surface area (TPSA) is 88.3 Å². The molecule has 1 aromatic heterocycles. The number of hydrogen-bond acceptors (Lipinski definition) is 7. The Kier molecular flexibility index (Phi) is 4.83. The minimum Gasteiger partial charge on any atom is -0.376 e. The van der Waals surface area contributed by atoms with E-state index < -0.39 is 34.6 Å². The SMILES string of the molecule is CN(CC1CC1)c1c(NCc2ccc(-c3noc(C(F)(F)F)n3)c(F)c2)c(=O)c1=O. The summed E-state index contributed by atoms with van der Waals surface area (Å²) in [5.41, 5.74) is -0.524. The Morgan fingerprint density at radius 2 is 1.97 bits per heavy atom. The van der Waals surface area contributed by atoms with Crippen LogP contribution >= 0.6 is 0 Å². The summed E-state index contributed by atoms with van der Waals surface area (Å²) in [7, 11) is 1.74. The van der Waals surface area contributed by atoms with Crippen LogP contribution in [0.2, 0.25) is 0 Å². The van der Waals surface area contributed by atoms with Gasteiger partial charge in [-0.05, 0) is 36.5 Å². The summed E-state index contributed by atoms with van der Waals surface area (Å²) < 4.78 is 56.2. The maximum Gasteiger partial charge on any atom is 0.471 e. The van der Waals surface area contributed by atoms with Gasteiger partial charge in [0.1, 0.15) is 17.2 Å². The van der Waals surface area contributed by atoms with Crippen LogP contribution in [0.25, 0.3) is 11.4 Å². The molecule has 2 aromatic carbocycles. The summed E-state index contributed by atoms with van der Waals surface area (Å²) in [5.74, 6) is -2.41. The van der Waals surface area contributed by atoms with E-state index in [-0.39, 0.29) is 17.8 Å². The molecule has 1 fully saturated rings. The van der Waals surface area contributed by atoms with Gasteiger partial charge in [-0.1, -0.05) is 11.2 Å². The van der Waals surface area contributed by atoms with Gasteiger partial charge in [0.15, 0.2) is 0 Å². The van der Waals surface area contributed by atoms with Gasteiger partial charge in [-0.3, -0.25) is 9.59 Å². The van der Waals surface area contributed by atoms with Crippen LogP contribution in [0.5, 0.6) is 0 Å². The largest absolute Gasteiger partial charge is 0.471 e. The summed E-state index contributed by atoms with van der Waals surface area (Å²) in [6, 6.07) is 3.76. The van der Waals surface area contributed by atoms with Gasteiger partial charge in [0, 0.05) is 20.1 Å². The molecule has 0 atom stereocenters. The Hall–Kier alpha value is -3.24. The molecule has 0 amide bonds. The van der Waals surface area contributed by atoms with Gasteiger partial charge in [0.05, 0.1) is 5.56 Å². The Balaban J connectivity index is 1.47. The van der Waals surface area contributed by atoms with E-state index in [2.05, 4.69) is 20.0 Å². The van der Waals surface area contributed by atoms with E-state index in [4.69, 9.17) is 0 Å². The number of nitrogens with one attached hydrogen (secondary N) is 1. The highest BCUT2D eigenvalue weighted by molar-refractivity contribution is 5.75. The number of benzene rings is 1. The molecule has 4 rings (SSSR count). The van der Waals surface area contributed by atoms with E-state index in [9.17, 15) is 27.2 Å². The molecule has 0 saturated heterocycles. The monoisotopic (exact) mass is 424 g/mol. The minimum absolute atomic E-state index is 0.0480. The van der Waals surface area contributed by atoms with Gasteiger partial charge in [-0.15, -0.1) is 0 Å². The van der Waals surface area contributed by atoms with Crippen LogP contribution < -0.4 is 21.1 Å². The molecule has 11 heteroatoms. The summed E-state index contributed by atoms with van der Waals surface area (Å²) in [6.07, 6.45) is -2.63. The number of alkyl halides is 3. The van der Waals surface area contributed by atoms with Crippen LogP contribution in [0.3, 0.4) is 0 Å². The molecule has 1 N–H and O–H groups in total. The molecule has 1 heterocycles. The first-order chi connectivity index (χ1) is 14.1. The zero-order valence-electron chi connectivity index (χ0n) is 15.7. The Bertz CT molecular complexity index is 1160. The van der Waals surface area contributed by atoms with Crippen molar-refractivity contribution >= 4 is 11.4 Å². The molecule has 3 aromatic rings. The number of nitrogens with zero attached hydrogens (tertiary/aromatic N) is 3. The highest BCUT2D eigenvalue weighted by Crippen LogP contribution is 2.32. The third-order valence-corrected chi connectivity index (χ3v) is 4.91. The van der Waals surface area contributed by atoms with Crippen molar-refractivity contribution in [2.45, 2.75) is 25.6 Å². The fourth-order valence-electron chi connectivity index (χ4n) is 3.18. The molecule has 1 aliphatic rings. The minimum atomic E-state index is -4.82. The number of aromatic nitrogens is 2. The van der Waals surface area contributed by atoms with E-state index in [0.717, 1.165) is 18.9 Å². The first-order valence-corrected chi connectivity index (χ1v) is 9.13. The highest BCUT2D eigenvalue weighted by Gasteiger charge is 2.38. The van der Waals surface area contributed by atoms with Gasteiger partial charge in [-0.25, -0.2) is 4.39 Å². The van der Waals surface area contributed by atoms with E-state index >= 15 is 0 Å². The van der Waals surface area contributed by atoms with Crippen LogP contribution in [0.4, 0.5) is 28.9 Å². The van der Waals surface area contributed by atoms with Gasteiger partial charge in [-0.2, -0.15) is 18.2 Å². The van der Waals surface area contributed by atoms with Crippen molar-refractivity contribution in [1.29, 1.82) is 0 Å². The van der Waals surface area contributed by atoms with E-state index in [1.165, 1.54) is 12.1 Å². The predicted octanol–water partition coefficient (Wildman–Crippen LogP) is 2.95. The molecule has 0 unspecified atom stereocenters. The molecule has 7 nitrogen and oxygen atoms in total. The van der Waals surface area contributed by atoms with Crippen LogP contribution in [-0.2, 0) is 12.7 Å². The van der Waals surface area contributed by atoms with E-state index in [1.807, 2.05) is 0 Å². The molecule has 0 spiro atoms. The third-order valence-electron chi connectivity index (χ3n) is 4.91. The fourth-order valence-corrected chi connectivity index (χ4v) is 3.18. The normalized spacial score (nSPS) is 14.3. The number of hydrogen-bond donors (Lipinski definition) is 1. The van der Waals surface area contributed by atoms with Crippen molar-refractivity contribution in [2.24, 2.45) is 5.92 Å². The van der Waals surface area contributed by atoms with E-state index in [1.54, 1.807) is 11.9 Å². The van der Waals surface area contributed by atoms with Gasteiger partial charge in [0.2, 0.25) is 5.82 Å². The van der Waals surface area contributed by atoms with Gasteiger partial charge < -0.3 is 14.7 Å². The zero-order chi connectivity index (χ0) is 21.6. The summed E-state index contributed by atoms with van der Waals surface area (Å²) >= 11 is 0. The molecular weight excluding hydrogens is 408 g/mol. The maximum atomic E-state index is 14.4. The number of rotatable bonds is 7. The average Bonchev–Trinajstić information content (AvgIpc) is 3.34. The fraction of sp³-hybridized carbons (Fsp3) is 0.368. The summed E-state index contributed by atoms with van der Waals surface area (Å²) in [5, 5.41) is 6.01. The molecule has 0 bridgehead atoms. The molecule has 0 aliphatic heterocycles. The molecule has 0 radical (unpaired) electrons. The van der Waals surface area contributed by atoms with Gasteiger partial charge >= 0.3 is 12.1 Å².